The van der Waals surface area contributed by atoms with E-state index >= 15 is 0 Å². The second-order valence-electron chi connectivity index (χ2n) is 5.61. The Bertz CT molecular complexity index is 630. The summed E-state index contributed by atoms with van der Waals surface area (Å²) in [5.41, 5.74) is 2.52. The van der Waals surface area contributed by atoms with E-state index in [4.69, 9.17) is 0 Å². The van der Waals surface area contributed by atoms with Crippen LogP contribution in [0.2, 0.25) is 0 Å². The highest BCUT2D eigenvalue weighted by atomic mass is 14.4. The van der Waals surface area contributed by atoms with Gasteiger partial charge in [-0.15, -0.1) is 0 Å². The van der Waals surface area contributed by atoms with Gasteiger partial charge in [-0.3, -0.25) is 0 Å². The monoisotopic (exact) mass is 235 g/mol. The molecule has 1 saturated carbocycles. The molecule has 1 aliphatic rings. The fraction of sp³-hybridized carbons (Fsp3) is 0.353. The first-order valence-corrected chi connectivity index (χ1v) is 6.61. The summed E-state index contributed by atoms with van der Waals surface area (Å²) in [7, 11) is 0. The van der Waals surface area contributed by atoms with E-state index in [1.165, 1.54) is 28.3 Å². The van der Waals surface area contributed by atoms with E-state index in [2.05, 4.69) is 49.4 Å². The quantitative estimate of drug-likeness (QED) is 0.757. The predicted octanol–water partition coefficient (Wildman–Crippen LogP) is 4.38. The van der Waals surface area contributed by atoms with Gasteiger partial charge in [-0.05, 0) is 42.5 Å². The summed E-state index contributed by atoms with van der Waals surface area (Å²) < 4.78 is 0. The van der Waals surface area contributed by atoms with Crippen LogP contribution in [0.4, 0.5) is 0 Å². The molecule has 0 heterocycles. The molecule has 0 atom stereocenters. The van der Waals surface area contributed by atoms with Crippen molar-refractivity contribution in [2.45, 2.75) is 32.6 Å². The number of nitrogens with zero attached hydrogens (tertiary/aromatic N) is 1. The Balaban J connectivity index is 1.94. The summed E-state index contributed by atoms with van der Waals surface area (Å²) in [4.78, 5) is 0. The molecule has 0 N–H and O–H groups in total. The maximum Gasteiger partial charge on any atom is 0.0693 e. The van der Waals surface area contributed by atoms with Gasteiger partial charge in [0.15, 0.2) is 0 Å². The second kappa shape index (κ2) is 4.14. The molecule has 0 amide bonds. The molecule has 90 valence electrons. The molecule has 2 aromatic carbocycles. The highest BCUT2D eigenvalue weighted by Crippen LogP contribution is 2.43. The molecule has 0 unspecified atom stereocenters. The summed E-state index contributed by atoms with van der Waals surface area (Å²) in [6.45, 7) is 2.12. The minimum absolute atomic E-state index is 0.0711. The topological polar surface area (TPSA) is 23.8 Å². The van der Waals surface area contributed by atoms with E-state index in [-0.39, 0.29) is 5.41 Å². The minimum atomic E-state index is -0.0711. The predicted molar refractivity (Wildman–Crippen MR) is 74.3 cm³/mol. The lowest BCUT2D eigenvalue weighted by molar-refractivity contribution is 0.214. The lowest BCUT2D eigenvalue weighted by Crippen LogP contribution is -2.29. The van der Waals surface area contributed by atoms with Crippen LogP contribution < -0.4 is 0 Å². The lowest BCUT2D eigenvalue weighted by Gasteiger charge is -2.35. The standard InChI is InChI=1S/C17H17N/c1-13-3-5-16-10-14(4-6-15(16)9-13)11-17(12-18)7-2-8-17/h3-6,9-10H,2,7-8,11H2,1H3. The van der Waals surface area contributed by atoms with Crippen molar-refractivity contribution >= 4 is 10.8 Å². The Labute approximate surface area is 108 Å². The van der Waals surface area contributed by atoms with Crippen LogP contribution in [0.15, 0.2) is 36.4 Å². The van der Waals surface area contributed by atoms with Gasteiger partial charge in [-0.1, -0.05) is 48.4 Å². The van der Waals surface area contributed by atoms with Gasteiger partial charge in [-0.2, -0.15) is 5.26 Å². The van der Waals surface area contributed by atoms with Gasteiger partial charge < -0.3 is 0 Å². The number of aryl methyl sites for hydroxylation is 1. The van der Waals surface area contributed by atoms with Crippen LogP contribution in [-0.2, 0) is 6.42 Å². The molecule has 1 nitrogen and oxygen atoms in total. The van der Waals surface area contributed by atoms with Crippen molar-refractivity contribution in [3.8, 4) is 6.07 Å². The van der Waals surface area contributed by atoms with Gasteiger partial charge in [0.1, 0.15) is 0 Å². The molecule has 0 spiro atoms. The van der Waals surface area contributed by atoms with Crippen molar-refractivity contribution < 1.29 is 0 Å². The normalized spacial score (nSPS) is 17.1. The number of nitriles is 1. The van der Waals surface area contributed by atoms with Crippen LogP contribution in [0.25, 0.3) is 10.8 Å². The van der Waals surface area contributed by atoms with Crippen molar-refractivity contribution in [2.24, 2.45) is 5.41 Å². The molecule has 0 saturated heterocycles. The van der Waals surface area contributed by atoms with Crippen molar-refractivity contribution in [3.63, 3.8) is 0 Å². The summed E-state index contributed by atoms with van der Waals surface area (Å²) in [6, 6.07) is 15.7. The number of rotatable bonds is 2. The second-order valence-corrected chi connectivity index (χ2v) is 5.61. The Morgan fingerprint density at radius 1 is 1.11 bits per heavy atom. The molecule has 1 heteroatoms. The molecular formula is C17H17N. The summed E-state index contributed by atoms with van der Waals surface area (Å²) in [5, 5.41) is 11.9. The zero-order valence-electron chi connectivity index (χ0n) is 10.7. The van der Waals surface area contributed by atoms with E-state index in [1.54, 1.807) is 0 Å². The minimum Gasteiger partial charge on any atom is -0.198 e. The molecule has 1 fully saturated rings. The zero-order chi connectivity index (χ0) is 12.6. The summed E-state index contributed by atoms with van der Waals surface area (Å²) in [6.07, 6.45) is 4.25. The van der Waals surface area contributed by atoms with Gasteiger partial charge >= 0.3 is 0 Å². The van der Waals surface area contributed by atoms with Crippen molar-refractivity contribution in [2.75, 3.05) is 0 Å². The molecular weight excluding hydrogens is 218 g/mol. The Morgan fingerprint density at radius 2 is 1.83 bits per heavy atom. The van der Waals surface area contributed by atoms with E-state index < -0.39 is 0 Å². The molecule has 3 rings (SSSR count). The van der Waals surface area contributed by atoms with E-state index in [9.17, 15) is 5.26 Å². The average Bonchev–Trinajstić information content (AvgIpc) is 2.34. The summed E-state index contributed by atoms with van der Waals surface area (Å²) >= 11 is 0. The molecule has 0 aliphatic heterocycles. The third-order valence-electron chi connectivity index (χ3n) is 4.15. The van der Waals surface area contributed by atoms with Gasteiger partial charge in [0.25, 0.3) is 0 Å². The number of fused-ring (bicyclic) bond motifs is 1. The first-order valence-electron chi connectivity index (χ1n) is 6.61. The van der Waals surface area contributed by atoms with Crippen LogP contribution in [0.5, 0.6) is 0 Å². The Hall–Kier alpha value is -1.81. The van der Waals surface area contributed by atoms with Gasteiger partial charge in [0.05, 0.1) is 11.5 Å². The number of hydrogen-bond acceptors (Lipinski definition) is 1. The van der Waals surface area contributed by atoms with Crippen LogP contribution in [0.1, 0.15) is 30.4 Å². The smallest absolute Gasteiger partial charge is 0.0693 e. The highest BCUT2D eigenvalue weighted by molar-refractivity contribution is 5.83. The molecule has 1 aliphatic carbocycles. The first-order chi connectivity index (χ1) is 8.71. The lowest BCUT2D eigenvalue weighted by atomic mass is 9.66. The largest absolute Gasteiger partial charge is 0.198 e. The van der Waals surface area contributed by atoms with Gasteiger partial charge in [-0.25, -0.2) is 0 Å². The number of benzene rings is 2. The van der Waals surface area contributed by atoms with Crippen LogP contribution in [0.3, 0.4) is 0 Å². The maximum absolute atomic E-state index is 9.30. The van der Waals surface area contributed by atoms with Crippen molar-refractivity contribution in [3.05, 3.63) is 47.5 Å². The maximum atomic E-state index is 9.30. The summed E-state index contributed by atoms with van der Waals surface area (Å²) in [5.74, 6) is 0. The zero-order valence-corrected chi connectivity index (χ0v) is 10.7. The fourth-order valence-corrected chi connectivity index (χ4v) is 2.85. The van der Waals surface area contributed by atoms with E-state index in [0.29, 0.717) is 0 Å². The fourth-order valence-electron chi connectivity index (χ4n) is 2.85. The molecule has 18 heavy (non-hydrogen) atoms. The third-order valence-corrected chi connectivity index (χ3v) is 4.15. The van der Waals surface area contributed by atoms with Crippen molar-refractivity contribution in [1.29, 1.82) is 5.26 Å². The van der Waals surface area contributed by atoms with E-state index in [1.807, 2.05) is 0 Å². The van der Waals surface area contributed by atoms with Crippen molar-refractivity contribution in [1.82, 2.24) is 0 Å². The van der Waals surface area contributed by atoms with Crippen LogP contribution in [0, 0.1) is 23.7 Å². The molecule has 0 aromatic heterocycles. The highest BCUT2D eigenvalue weighted by Gasteiger charge is 2.37. The molecule has 2 aromatic rings. The van der Waals surface area contributed by atoms with Crippen LogP contribution in [-0.4, -0.2) is 0 Å². The number of hydrogen-bond donors (Lipinski definition) is 0. The molecule has 0 bridgehead atoms. The Kier molecular flexibility index (Phi) is 2.59. The third kappa shape index (κ3) is 1.88. The SMILES string of the molecule is Cc1ccc2cc(CC3(C#N)CCC3)ccc2c1. The Morgan fingerprint density at radius 3 is 2.50 bits per heavy atom. The van der Waals surface area contributed by atoms with E-state index in [0.717, 1.165) is 19.3 Å². The van der Waals surface area contributed by atoms with Crippen LogP contribution >= 0.6 is 0 Å². The molecule has 0 radical (unpaired) electrons. The average molecular weight is 235 g/mol. The van der Waals surface area contributed by atoms with Gasteiger partial charge in [0, 0.05) is 0 Å². The first kappa shape index (κ1) is 11.3. The van der Waals surface area contributed by atoms with Gasteiger partial charge in [0.2, 0.25) is 0 Å².